The lowest BCUT2D eigenvalue weighted by Crippen LogP contribution is -2.38. The van der Waals surface area contributed by atoms with Crippen LogP contribution in [-0.2, 0) is 23.5 Å². The Kier molecular flexibility index (Phi) is 6.11. The molecule has 0 aliphatic carbocycles. The summed E-state index contributed by atoms with van der Waals surface area (Å²) < 4.78 is 34.4. The Balaban J connectivity index is 1.43. The third-order valence-corrected chi connectivity index (χ3v) is 7.83. The van der Waals surface area contributed by atoms with Gasteiger partial charge in [-0.3, -0.25) is 9.67 Å². The van der Waals surface area contributed by atoms with Crippen LogP contribution in [-0.4, -0.2) is 47.7 Å². The summed E-state index contributed by atoms with van der Waals surface area (Å²) in [6, 6.07) is 14.2. The summed E-state index contributed by atoms with van der Waals surface area (Å²) in [4.78, 5) is 5.18. The average Bonchev–Trinajstić information content (AvgIpc) is 3.13. The minimum atomic E-state index is -3.51. The summed E-state index contributed by atoms with van der Waals surface area (Å²) in [5.74, 6) is 1.10. The Morgan fingerprint density at radius 2 is 1.81 bits per heavy atom. The van der Waals surface area contributed by atoms with Gasteiger partial charge in [-0.1, -0.05) is 18.2 Å². The highest BCUT2D eigenvalue weighted by atomic mass is 32.2. The summed E-state index contributed by atoms with van der Waals surface area (Å²) in [6.07, 6.45) is 3.86. The third-order valence-electron chi connectivity index (χ3n) is 5.83. The summed E-state index contributed by atoms with van der Waals surface area (Å²) in [5, 5.41) is 4.18. The van der Waals surface area contributed by atoms with Crippen molar-refractivity contribution in [2.75, 3.05) is 20.2 Å². The normalized spacial score (nSPS) is 15.8. The molecule has 31 heavy (non-hydrogen) atoms. The van der Waals surface area contributed by atoms with Gasteiger partial charge in [-0.15, -0.1) is 0 Å². The van der Waals surface area contributed by atoms with Gasteiger partial charge in [0.1, 0.15) is 10.6 Å². The molecule has 0 atom stereocenters. The predicted octanol–water partition coefficient (Wildman–Crippen LogP) is 3.29. The van der Waals surface area contributed by atoms with E-state index < -0.39 is 10.0 Å². The van der Waals surface area contributed by atoms with Crippen LogP contribution in [0, 0.1) is 6.92 Å². The molecule has 0 amide bonds. The maximum Gasteiger partial charge on any atom is 0.246 e. The first-order chi connectivity index (χ1) is 14.9. The molecule has 3 aromatic rings. The zero-order chi connectivity index (χ0) is 22.0. The standard InChI is InChI=1S/C23H28N4O3S/c1-17-23(16-26(2)25-17)31(28,29)27-13-11-19(12-14-27)22-6-4-5-20(24-22)15-18-7-9-21(30-3)10-8-18/h4-10,16,19H,11-15H2,1-3H3. The van der Waals surface area contributed by atoms with E-state index in [1.165, 1.54) is 5.56 Å². The summed E-state index contributed by atoms with van der Waals surface area (Å²) in [6.45, 7) is 2.72. The van der Waals surface area contributed by atoms with Gasteiger partial charge in [-0.05, 0) is 49.6 Å². The van der Waals surface area contributed by atoms with Crippen molar-refractivity contribution in [3.05, 3.63) is 71.3 Å². The van der Waals surface area contributed by atoms with Crippen molar-refractivity contribution in [3.63, 3.8) is 0 Å². The van der Waals surface area contributed by atoms with Crippen molar-refractivity contribution >= 4 is 10.0 Å². The third kappa shape index (κ3) is 4.65. The van der Waals surface area contributed by atoms with E-state index in [0.717, 1.165) is 36.4 Å². The minimum Gasteiger partial charge on any atom is -0.497 e. The minimum absolute atomic E-state index is 0.261. The highest BCUT2D eigenvalue weighted by Gasteiger charge is 2.32. The highest BCUT2D eigenvalue weighted by Crippen LogP contribution is 2.30. The van der Waals surface area contributed by atoms with Crippen LogP contribution in [0.5, 0.6) is 5.75 Å². The lowest BCUT2D eigenvalue weighted by Gasteiger charge is -2.31. The Bertz CT molecular complexity index is 1150. The molecule has 1 aliphatic rings. The molecule has 7 nitrogen and oxygen atoms in total. The fraction of sp³-hybridized carbons (Fsp3) is 0.391. The van der Waals surface area contributed by atoms with E-state index in [1.807, 2.05) is 24.3 Å². The molecule has 0 N–H and O–H groups in total. The number of hydrogen-bond acceptors (Lipinski definition) is 5. The predicted molar refractivity (Wildman–Crippen MR) is 119 cm³/mol. The monoisotopic (exact) mass is 440 g/mol. The molecular formula is C23H28N4O3S. The molecule has 4 rings (SSSR count). The Morgan fingerprint density at radius 1 is 1.10 bits per heavy atom. The van der Waals surface area contributed by atoms with E-state index in [-0.39, 0.29) is 5.92 Å². The first kappa shape index (κ1) is 21.5. The van der Waals surface area contributed by atoms with Crippen molar-refractivity contribution in [2.24, 2.45) is 7.05 Å². The summed E-state index contributed by atoms with van der Waals surface area (Å²) in [5.41, 5.74) is 3.78. The van der Waals surface area contributed by atoms with Crippen molar-refractivity contribution in [2.45, 2.75) is 37.0 Å². The number of nitrogens with zero attached hydrogens (tertiary/aromatic N) is 4. The number of methoxy groups -OCH3 is 1. The van der Waals surface area contributed by atoms with Gasteiger partial charge in [0.25, 0.3) is 0 Å². The van der Waals surface area contributed by atoms with Crippen LogP contribution in [0.2, 0.25) is 0 Å². The van der Waals surface area contributed by atoms with Crippen molar-refractivity contribution in [1.82, 2.24) is 19.1 Å². The number of hydrogen-bond donors (Lipinski definition) is 0. The number of rotatable bonds is 6. The van der Waals surface area contributed by atoms with Crippen LogP contribution in [0.4, 0.5) is 0 Å². The maximum atomic E-state index is 13.0. The van der Waals surface area contributed by atoms with Gasteiger partial charge in [0.2, 0.25) is 10.0 Å². The molecule has 2 aromatic heterocycles. The van der Waals surface area contributed by atoms with Gasteiger partial charge in [-0.2, -0.15) is 9.40 Å². The van der Waals surface area contributed by atoms with Crippen molar-refractivity contribution < 1.29 is 13.2 Å². The first-order valence-electron chi connectivity index (χ1n) is 10.5. The van der Waals surface area contributed by atoms with E-state index in [4.69, 9.17) is 9.72 Å². The Hall–Kier alpha value is -2.71. The average molecular weight is 441 g/mol. The lowest BCUT2D eigenvalue weighted by atomic mass is 9.94. The molecule has 3 heterocycles. The SMILES string of the molecule is COc1ccc(Cc2cccc(C3CCN(S(=O)(=O)c4cn(C)nc4C)CC3)n2)cc1. The first-order valence-corrected chi connectivity index (χ1v) is 11.9. The van der Waals surface area contributed by atoms with Gasteiger partial charge < -0.3 is 4.74 Å². The number of pyridine rings is 1. The molecule has 1 aromatic carbocycles. The second-order valence-corrected chi connectivity index (χ2v) is 9.92. The largest absolute Gasteiger partial charge is 0.497 e. The van der Waals surface area contributed by atoms with E-state index >= 15 is 0 Å². The molecule has 0 saturated carbocycles. The Morgan fingerprint density at radius 3 is 2.42 bits per heavy atom. The van der Waals surface area contributed by atoms with Gasteiger partial charge in [-0.25, -0.2) is 8.42 Å². The number of aryl methyl sites for hydroxylation is 2. The van der Waals surface area contributed by atoms with Gasteiger partial charge >= 0.3 is 0 Å². The second-order valence-electron chi connectivity index (χ2n) is 8.01. The molecule has 0 unspecified atom stereocenters. The number of ether oxygens (including phenoxy) is 1. The van der Waals surface area contributed by atoms with E-state index in [2.05, 4.69) is 23.3 Å². The summed E-state index contributed by atoms with van der Waals surface area (Å²) in [7, 11) is -0.113. The molecular weight excluding hydrogens is 412 g/mol. The molecule has 0 radical (unpaired) electrons. The number of aromatic nitrogens is 3. The highest BCUT2D eigenvalue weighted by molar-refractivity contribution is 7.89. The summed E-state index contributed by atoms with van der Waals surface area (Å²) >= 11 is 0. The van der Waals surface area contributed by atoms with Gasteiger partial charge in [0.05, 0.1) is 12.8 Å². The van der Waals surface area contributed by atoms with Gasteiger partial charge in [0, 0.05) is 50.1 Å². The quantitative estimate of drug-likeness (QED) is 0.588. The van der Waals surface area contributed by atoms with Crippen LogP contribution in [0.3, 0.4) is 0 Å². The fourth-order valence-electron chi connectivity index (χ4n) is 4.14. The van der Waals surface area contributed by atoms with E-state index in [0.29, 0.717) is 23.7 Å². The van der Waals surface area contributed by atoms with Gasteiger partial charge in [0.15, 0.2) is 0 Å². The molecule has 0 spiro atoms. The zero-order valence-corrected chi connectivity index (χ0v) is 19.0. The van der Waals surface area contributed by atoms with Crippen LogP contribution in [0.1, 0.15) is 41.4 Å². The number of piperidine rings is 1. The van der Waals surface area contributed by atoms with E-state index in [1.54, 1.807) is 36.3 Å². The second kappa shape index (κ2) is 8.80. The molecule has 8 heteroatoms. The molecule has 1 fully saturated rings. The topological polar surface area (TPSA) is 77.3 Å². The molecule has 164 valence electrons. The number of benzene rings is 1. The maximum absolute atomic E-state index is 13.0. The molecule has 0 bridgehead atoms. The van der Waals surface area contributed by atoms with E-state index in [9.17, 15) is 8.42 Å². The van der Waals surface area contributed by atoms with Crippen LogP contribution < -0.4 is 4.74 Å². The lowest BCUT2D eigenvalue weighted by molar-refractivity contribution is 0.316. The van der Waals surface area contributed by atoms with Crippen molar-refractivity contribution in [3.8, 4) is 5.75 Å². The number of sulfonamides is 1. The zero-order valence-electron chi connectivity index (χ0n) is 18.2. The fourth-order valence-corrected chi connectivity index (χ4v) is 5.81. The smallest absolute Gasteiger partial charge is 0.246 e. The molecule has 1 aliphatic heterocycles. The Labute approximate surface area is 183 Å². The van der Waals surface area contributed by atoms with Crippen LogP contribution in [0.15, 0.2) is 53.6 Å². The van der Waals surface area contributed by atoms with Crippen LogP contribution >= 0.6 is 0 Å². The van der Waals surface area contributed by atoms with Crippen molar-refractivity contribution in [1.29, 1.82) is 0 Å². The van der Waals surface area contributed by atoms with Crippen LogP contribution in [0.25, 0.3) is 0 Å². The molecule has 1 saturated heterocycles.